The van der Waals surface area contributed by atoms with E-state index in [1.54, 1.807) is 6.92 Å². The number of hydrogen-bond acceptors (Lipinski definition) is 5. The van der Waals surface area contributed by atoms with Crippen molar-refractivity contribution in [1.29, 1.82) is 5.26 Å². The molecule has 1 aliphatic rings. The fourth-order valence-electron chi connectivity index (χ4n) is 2.74. The standard InChI is InChI=1S/C17H15F2N5O/c1-10-21-7-15(19)16(22-10)11-2-3-13(14(18)6-11)17(25)23-12-4-5-24(8-12)9-20/h2-3,6-7,12H,4-5,8H2,1H3,(H,23,25). The third kappa shape index (κ3) is 3.55. The fourth-order valence-corrected chi connectivity index (χ4v) is 2.74. The molecule has 0 radical (unpaired) electrons. The quantitative estimate of drug-likeness (QED) is 0.862. The molecule has 0 bridgehead atoms. The predicted molar refractivity (Wildman–Crippen MR) is 85.2 cm³/mol. The first-order valence-corrected chi connectivity index (χ1v) is 7.72. The van der Waals surface area contributed by atoms with Crippen LogP contribution >= 0.6 is 0 Å². The Morgan fingerprint density at radius 3 is 2.88 bits per heavy atom. The number of nitriles is 1. The third-order valence-electron chi connectivity index (χ3n) is 4.02. The SMILES string of the molecule is Cc1ncc(F)c(-c2ccc(C(=O)NC3CCN(C#N)C3)c(F)c2)n1. The van der Waals surface area contributed by atoms with Gasteiger partial charge in [0.05, 0.1) is 11.8 Å². The van der Waals surface area contributed by atoms with Crippen molar-refractivity contribution in [3.05, 3.63) is 47.4 Å². The van der Waals surface area contributed by atoms with Crippen LogP contribution in [0.5, 0.6) is 0 Å². The summed E-state index contributed by atoms with van der Waals surface area (Å²) in [6.07, 6.45) is 3.67. The van der Waals surface area contributed by atoms with Gasteiger partial charge in [-0.05, 0) is 25.5 Å². The molecule has 1 atom stereocenters. The van der Waals surface area contributed by atoms with Gasteiger partial charge in [0.25, 0.3) is 5.91 Å². The van der Waals surface area contributed by atoms with Gasteiger partial charge in [0.1, 0.15) is 17.3 Å². The van der Waals surface area contributed by atoms with E-state index in [2.05, 4.69) is 15.3 Å². The zero-order valence-corrected chi connectivity index (χ0v) is 13.5. The van der Waals surface area contributed by atoms with Crippen LogP contribution in [-0.4, -0.2) is 39.9 Å². The highest BCUT2D eigenvalue weighted by atomic mass is 19.1. The molecule has 1 unspecified atom stereocenters. The molecule has 8 heteroatoms. The molecule has 0 spiro atoms. The summed E-state index contributed by atoms with van der Waals surface area (Å²) >= 11 is 0. The molecule has 1 saturated heterocycles. The molecule has 1 aromatic carbocycles. The van der Waals surface area contributed by atoms with Crippen LogP contribution in [0.25, 0.3) is 11.3 Å². The van der Waals surface area contributed by atoms with Gasteiger partial charge >= 0.3 is 0 Å². The Kier molecular flexibility index (Phi) is 4.57. The summed E-state index contributed by atoms with van der Waals surface area (Å²) in [4.78, 5) is 21.5. The summed E-state index contributed by atoms with van der Waals surface area (Å²) in [6, 6.07) is 3.62. The van der Waals surface area contributed by atoms with Gasteiger partial charge in [-0.3, -0.25) is 4.79 Å². The van der Waals surface area contributed by atoms with Crippen molar-refractivity contribution in [3.63, 3.8) is 0 Å². The second-order valence-electron chi connectivity index (χ2n) is 5.81. The average Bonchev–Trinajstić information content (AvgIpc) is 3.04. The molecule has 25 heavy (non-hydrogen) atoms. The maximum absolute atomic E-state index is 14.3. The summed E-state index contributed by atoms with van der Waals surface area (Å²) in [5.74, 6) is -1.62. The normalized spacial score (nSPS) is 16.6. The largest absolute Gasteiger partial charge is 0.347 e. The molecule has 3 rings (SSSR count). The van der Waals surface area contributed by atoms with Gasteiger partial charge in [0.15, 0.2) is 12.0 Å². The van der Waals surface area contributed by atoms with Crippen molar-refractivity contribution in [2.75, 3.05) is 13.1 Å². The van der Waals surface area contributed by atoms with Gasteiger partial charge in [-0.15, -0.1) is 0 Å². The van der Waals surface area contributed by atoms with Crippen LogP contribution in [0.3, 0.4) is 0 Å². The Hall–Kier alpha value is -3.08. The van der Waals surface area contributed by atoms with Gasteiger partial charge in [0, 0.05) is 24.7 Å². The molecule has 2 heterocycles. The molecule has 0 saturated carbocycles. The van der Waals surface area contributed by atoms with Gasteiger partial charge in [0.2, 0.25) is 0 Å². The number of carbonyl (C=O) groups excluding carboxylic acids is 1. The molecular formula is C17H15F2N5O. The average molecular weight is 343 g/mol. The van der Waals surface area contributed by atoms with E-state index in [1.165, 1.54) is 17.0 Å². The highest BCUT2D eigenvalue weighted by Crippen LogP contribution is 2.23. The molecule has 1 fully saturated rings. The molecular weight excluding hydrogens is 328 g/mol. The molecule has 1 amide bonds. The van der Waals surface area contributed by atoms with Crippen LogP contribution in [-0.2, 0) is 0 Å². The first kappa shape index (κ1) is 16.8. The number of amides is 1. The maximum Gasteiger partial charge on any atom is 0.254 e. The third-order valence-corrected chi connectivity index (χ3v) is 4.02. The highest BCUT2D eigenvalue weighted by Gasteiger charge is 2.24. The molecule has 2 aromatic rings. The number of aryl methyl sites for hydroxylation is 1. The Morgan fingerprint density at radius 2 is 2.20 bits per heavy atom. The lowest BCUT2D eigenvalue weighted by Crippen LogP contribution is -2.36. The molecule has 128 valence electrons. The molecule has 1 aromatic heterocycles. The number of benzene rings is 1. The first-order valence-electron chi connectivity index (χ1n) is 7.72. The number of aromatic nitrogens is 2. The van der Waals surface area contributed by atoms with Crippen molar-refractivity contribution in [2.24, 2.45) is 0 Å². The molecule has 0 aliphatic carbocycles. The zero-order chi connectivity index (χ0) is 18.0. The van der Waals surface area contributed by atoms with E-state index in [9.17, 15) is 13.6 Å². The molecule has 1 N–H and O–H groups in total. The van der Waals surface area contributed by atoms with Gasteiger partial charge in [-0.1, -0.05) is 6.07 Å². The van der Waals surface area contributed by atoms with Crippen LogP contribution in [0.2, 0.25) is 0 Å². The van der Waals surface area contributed by atoms with E-state index in [0.717, 1.165) is 12.3 Å². The Morgan fingerprint density at radius 1 is 1.40 bits per heavy atom. The monoisotopic (exact) mass is 343 g/mol. The van der Waals surface area contributed by atoms with Crippen LogP contribution in [0, 0.1) is 30.0 Å². The van der Waals surface area contributed by atoms with Crippen molar-refractivity contribution in [1.82, 2.24) is 20.2 Å². The van der Waals surface area contributed by atoms with E-state index in [4.69, 9.17) is 5.26 Å². The van der Waals surface area contributed by atoms with Crippen LogP contribution in [0.1, 0.15) is 22.6 Å². The van der Waals surface area contributed by atoms with Crippen LogP contribution in [0.4, 0.5) is 8.78 Å². The highest BCUT2D eigenvalue weighted by molar-refractivity contribution is 5.95. The Bertz CT molecular complexity index is 865. The van der Waals surface area contributed by atoms with E-state index >= 15 is 0 Å². The van der Waals surface area contributed by atoms with Crippen LogP contribution < -0.4 is 5.32 Å². The van der Waals surface area contributed by atoms with E-state index in [0.29, 0.717) is 25.3 Å². The lowest BCUT2D eigenvalue weighted by molar-refractivity contribution is 0.0935. The second-order valence-corrected chi connectivity index (χ2v) is 5.81. The number of rotatable bonds is 3. The first-order chi connectivity index (χ1) is 12.0. The summed E-state index contributed by atoms with van der Waals surface area (Å²) < 4.78 is 28.2. The fraction of sp³-hybridized carbons (Fsp3) is 0.294. The van der Waals surface area contributed by atoms with Crippen molar-refractivity contribution in [3.8, 4) is 17.5 Å². The summed E-state index contributed by atoms with van der Waals surface area (Å²) in [5, 5.41) is 11.5. The van der Waals surface area contributed by atoms with Gasteiger partial charge < -0.3 is 10.2 Å². The van der Waals surface area contributed by atoms with Crippen LogP contribution in [0.15, 0.2) is 24.4 Å². The lowest BCUT2D eigenvalue weighted by atomic mass is 10.1. The van der Waals surface area contributed by atoms with Crippen molar-refractivity contribution in [2.45, 2.75) is 19.4 Å². The number of likely N-dealkylation sites (tertiary alicyclic amines) is 1. The van der Waals surface area contributed by atoms with E-state index in [-0.39, 0.29) is 22.9 Å². The summed E-state index contributed by atoms with van der Waals surface area (Å²) in [5.41, 5.74) is 0.0812. The lowest BCUT2D eigenvalue weighted by Gasteiger charge is -2.13. The van der Waals surface area contributed by atoms with Gasteiger partial charge in [-0.2, -0.15) is 5.26 Å². The molecule has 6 nitrogen and oxygen atoms in total. The summed E-state index contributed by atoms with van der Waals surface area (Å²) in [6.45, 7) is 2.58. The number of halogens is 2. The smallest absolute Gasteiger partial charge is 0.254 e. The van der Waals surface area contributed by atoms with Gasteiger partial charge in [-0.25, -0.2) is 18.7 Å². The van der Waals surface area contributed by atoms with E-state index in [1.807, 2.05) is 6.19 Å². The Balaban J connectivity index is 1.79. The topological polar surface area (TPSA) is 81.9 Å². The zero-order valence-electron chi connectivity index (χ0n) is 13.5. The number of hydrogen-bond donors (Lipinski definition) is 1. The minimum absolute atomic E-state index is 0.0150. The molecule has 1 aliphatic heterocycles. The maximum atomic E-state index is 14.3. The minimum atomic E-state index is -0.763. The summed E-state index contributed by atoms with van der Waals surface area (Å²) in [7, 11) is 0. The van der Waals surface area contributed by atoms with Crippen molar-refractivity contribution < 1.29 is 13.6 Å². The Labute approximate surface area is 143 Å². The predicted octanol–water partition coefficient (Wildman–Crippen LogP) is 2.02. The second kappa shape index (κ2) is 6.81. The number of carbonyl (C=O) groups is 1. The number of nitrogens with one attached hydrogen (secondary N) is 1. The van der Waals surface area contributed by atoms with E-state index < -0.39 is 17.5 Å². The van der Waals surface area contributed by atoms with Crippen molar-refractivity contribution >= 4 is 5.91 Å². The minimum Gasteiger partial charge on any atom is -0.347 e. The number of nitrogens with zero attached hydrogens (tertiary/aromatic N) is 4.